The number of aliphatic carboxylic acids is 1. The maximum absolute atomic E-state index is 13.9. The van der Waals surface area contributed by atoms with E-state index in [1.54, 1.807) is 0 Å². The Kier molecular flexibility index (Phi) is 8.00. The Bertz CT molecular complexity index is 1140. The van der Waals surface area contributed by atoms with Crippen molar-refractivity contribution in [1.29, 1.82) is 0 Å². The third-order valence-corrected chi connectivity index (χ3v) is 14.5. The van der Waals surface area contributed by atoms with Gasteiger partial charge in [0.1, 0.15) is 12.6 Å². The standard InChI is InChI=1S/C36H57NO5/c1-9-10-29(40)42-27-15-16-33(6)25(32(27,4)5)14-17-35(8)26(33)12-11-24-30-23(3)22(2)13-18-36(30,20-19-34(24,35)7)31(41)37-21-28(38)39/h11,22-23,25-27,30H,9-10,12-21H2,1-8H3,(H,37,41)(H,38,39)/t22-,23+,25?,26?,27-,30?,33+,34-,35?,36+/m1/s1. The van der Waals surface area contributed by atoms with Gasteiger partial charge in [-0.25, -0.2) is 0 Å². The molecule has 0 aliphatic heterocycles. The van der Waals surface area contributed by atoms with Crippen molar-refractivity contribution in [3.8, 4) is 0 Å². The van der Waals surface area contributed by atoms with Crippen LogP contribution in [0.15, 0.2) is 11.6 Å². The summed E-state index contributed by atoms with van der Waals surface area (Å²) in [6, 6.07) is 0. The van der Waals surface area contributed by atoms with E-state index in [2.05, 4.69) is 59.9 Å². The number of esters is 1. The second-order valence-electron chi connectivity index (χ2n) is 16.5. The van der Waals surface area contributed by atoms with E-state index in [4.69, 9.17) is 4.74 Å². The molecule has 42 heavy (non-hydrogen) atoms. The molecule has 6 heteroatoms. The van der Waals surface area contributed by atoms with Crippen molar-refractivity contribution >= 4 is 17.8 Å². The van der Waals surface area contributed by atoms with Crippen LogP contribution in [-0.4, -0.2) is 35.6 Å². The third-order valence-electron chi connectivity index (χ3n) is 14.5. The smallest absolute Gasteiger partial charge is 0.322 e. The molecule has 236 valence electrons. The maximum atomic E-state index is 13.9. The Morgan fingerprint density at radius 3 is 2.33 bits per heavy atom. The van der Waals surface area contributed by atoms with Gasteiger partial charge in [-0.15, -0.1) is 0 Å². The van der Waals surface area contributed by atoms with Gasteiger partial charge in [-0.1, -0.05) is 67.0 Å². The minimum atomic E-state index is -0.982. The predicted octanol–water partition coefficient (Wildman–Crippen LogP) is 7.56. The van der Waals surface area contributed by atoms with Crippen LogP contribution in [0.3, 0.4) is 0 Å². The van der Waals surface area contributed by atoms with E-state index in [-0.39, 0.29) is 52.1 Å². The van der Waals surface area contributed by atoms with E-state index < -0.39 is 11.4 Å². The number of rotatable bonds is 6. The van der Waals surface area contributed by atoms with Gasteiger partial charge < -0.3 is 15.2 Å². The number of carboxylic acid groups (broad SMARTS) is 1. The highest BCUT2D eigenvalue weighted by Crippen LogP contribution is 2.75. The quantitative estimate of drug-likeness (QED) is 0.249. The zero-order chi connectivity index (χ0) is 30.9. The number of hydrogen-bond acceptors (Lipinski definition) is 4. The van der Waals surface area contributed by atoms with Crippen LogP contribution < -0.4 is 5.32 Å². The number of allylic oxidation sites excluding steroid dienone is 2. The Morgan fingerprint density at radius 1 is 0.952 bits per heavy atom. The first-order valence-electron chi connectivity index (χ1n) is 17.0. The summed E-state index contributed by atoms with van der Waals surface area (Å²) in [6.07, 6.45) is 12.9. The monoisotopic (exact) mass is 583 g/mol. The molecule has 0 spiro atoms. The van der Waals surface area contributed by atoms with Crippen LogP contribution in [0.5, 0.6) is 0 Å². The van der Waals surface area contributed by atoms with Gasteiger partial charge in [-0.2, -0.15) is 0 Å². The van der Waals surface area contributed by atoms with Gasteiger partial charge in [-0.3, -0.25) is 14.4 Å². The van der Waals surface area contributed by atoms with Crippen molar-refractivity contribution in [1.82, 2.24) is 5.32 Å². The highest BCUT2D eigenvalue weighted by atomic mass is 16.5. The maximum Gasteiger partial charge on any atom is 0.322 e. The minimum Gasteiger partial charge on any atom is -0.480 e. The van der Waals surface area contributed by atoms with Gasteiger partial charge in [0, 0.05) is 11.8 Å². The summed E-state index contributed by atoms with van der Waals surface area (Å²) in [5.74, 6) is 1.01. The molecule has 0 heterocycles. The summed E-state index contributed by atoms with van der Waals surface area (Å²) < 4.78 is 6.13. The van der Waals surface area contributed by atoms with Crippen LogP contribution in [0.1, 0.15) is 126 Å². The Morgan fingerprint density at radius 2 is 1.67 bits per heavy atom. The van der Waals surface area contributed by atoms with Gasteiger partial charge in [0.2, 0.25) is 5.91 Å². The Hall–Kier alpha value is -1.85. The number of nitrogens with one attached hydrogen (secondary N) is 1. The molecule has 0 aromatic carbocycles. The molecule has 5 aliphatic carbocycles. The number of hydrogen-bond donors (Lipinski definition) is 2. The largest absolute Gasteiger partial charge is 0.480 e. The highest BCUT2D eigenvalue weighted by Gasteiger charge is 2.69. The Balaban J connectivity index is 1.50. The molecular formula is C36H57NO5. The number of ether oxygens (including phenoxy) is 1. The Labute approximate surface area is 254 Å². The second-order valence-corrected chi connectivity index (χ2v) is 16.5. The lowest BCUT2D eigenvalue weighted by Gasteiger charge is -2.71. The van der Waals surface area contributed by atoms with Crippen LogP contribution >= 0.6 is 0 Å². The molecule has 4 unspecified atom stereocenters. The fourth-order valence-electron chi connectivity index (χ4n) is 11.8. The molecule has 5 aliphatic rings. The number of amides is 1. The lowest BCUT2D eigenvalue weighted by atomic mass is 9.33. The van der Waals surface area contributed by atoms with E-state index in [1.807, 2.05) is 6.92 Å². The van der Waals surface area contributed by atoms with E-state index in [0.29, 0.717) is 30.1 Å². The van der Waals surface area contributed by atoms with Crippen molar-refractivity contribution in [2.75, 3.05) is 6.54 Å². The summed E-state index contributed by atoms with van der Waals surface area (Å²) in [7, 11) is 0. The van der Waals surface area contributed by atoms with Gasteiger partial charge >= 0.3 is 11.9 Å². The van der Waals surface area contributed by atoms with Crippen molar-refractivity contribution in [3.05, 3.63) is 11.6 Å². The van der Waals surface area contributed by atoms with Crippen LogP contribution in [0.25, 0.3) is 0 Å². The van der Waals surface area contributed by atoms with Crippen molar-refractivity contribution in [2.24, 2.45) is 56.7 Å². The molecule has 1 amide bonds. The van der Waals surface area contributed by atoms with Gasteiger partial charge in [-0.05, 0) is 110 Å². The summed E-state index contributed by atoms with van der Waals surface area (Å²) in [6.45, 7) is 18.7. The molecular weight excluding hydrogens is 526 g/mol. The number of fused-ring (bicyclic) bond motifs is 7. The van der Waals surface area contributed by atoms with Crippen LogP contribution in [0.4, 0.5) is 0 Å². The molecule has 4 fully saturated rings. The zero-order valence-electron chi connectivity index (χ0n) is 27.6. The normalized spacial score (nSPS) is 45.7. The number of carbonyl (C=O) groups excluding carboxylic acids is 2. The molecule has 6 nitrogen and oxygen atoms in total. The molecule has 2 N–H and O–H groups in total. The SMILES string of the molecule is CCCC(=O)O[C@@H]1CC[C@@]2(C)C(CCC3(C)C2CC=C2C4[C@@H](C)[C@H](C)CC[C@]4(C(=O)NCC(=O)O)CC[C@]23C)C1(C)C. The molecule has 0 radical (unpaired) electrons. The molecule has 5 rings (SSSR count). The zero-order valence-corrected chi connectivity index (χ0v) is 27.6. The first-order valence-corrected chi connectivity index (χ1v) is 17.0. The minimum absolute atomic E-state index is 0.00500. The fraction of sp³-hybridized carbons (Fsp3) is 0.861. The van der Waals surface area contributed by atoms with E-state index in [0.717, 1.165) is 64.2 Å². The average Bonchev–Trinajstić information content (AvgIpc) is 2.91. The molecule has 10 atom stereocenters. The van der Waals surface area contributed by atoms with E-state index >= 15 is 0 Å². The van der Waals surface area contributed by atoms with Gasteiger partial charge in [0.15, 0.2) is 0 Å². The summed E-state index contributed by atoms with van der Waals surface area (Å²) in [4.78, 5) is 37.8. The van der Waals surface area contributed by atoms with Crippen LogP contribution in [0, 0.1) is 56.7 Å². The topological polar surface area (TPSA) is 92.7 Å². The highest BCUT2D eigenvalue weighted by molar-refractivity contribution is 5.87. The van der Waals surface area contributed by atoms with Crippen molar-refractivity contribution < 1.29 is 24.2 Å². The number of carbonyl (C=O) groups is 3. The molecule has 0 aromatic heterocycles. The predicted molar refractivity (Wildman–Crippen MR) is 164 cm³/mol. The second kappa shape index (κ2) is 10.6. The molecule has 0 saturated heterocycles. The van der Waals surface area contributed by atoms with Gasteiger partial charge in [0.25, 0.3) is 0 Å². The molecule has 0 aromatic rings. The average molecular weight is 584 g/mol. The summed E-state index contributed by atoms with van der Waals surface area (Å²) >= 11 is 0. The lowest BCUT2D eigenvalue weighted by molar-refractivity contribution is -0.213. The number of carboxylic acids is 1. The van der Waals surface area contributed by atoms with Crippen LogP contribution in [0.2, 0.25) is 0 Å². The summed E-state index contributed by atoms with van der Waals surface area (Å²) in [5.41, 5.74) is 1.20. The lowest BCUT2D eigenvalue weighted by Crippen LogP contribution is -2.66. The third kappa shape index (κ3) is 4.42. The first kappa shape index (κ1) is 31.6. The van der Waals surface area contributed by atoms with Crippen LogP contribution in [-0.2, 0) is 19.1 Å². The van der Waals surface area contributed by atoms with Crippen molar-refractivity contribution in [3.63, 3.8) is 0 Å². The molecule has 4 saturated carbocycles. The van der Waals surface area contributed by atoms with Gasteiger partial charge in [0.05, 0.1) is 5.41 Å². The molecule has 0 bridgehead atoms. The van der Waals surface area contributed by atoms with Crippen molar-refractivity contribution in [2.45, 2.75) is 132 Å². The van der Waals surface area contributed by atoms with E-state index in [1.165, 1.54) is 5.57 Å². The summed E-state index contributed by atoms with van der Waals surface area (Å²) in [5, 5.41) is 12.2. The fourth-order valence-corrected chi connectivity index (χ4v) is 11.8. The first-order chi connectivity index (χ1) is 19.6. The van der Waals surface area contributed by atoms with E-state index in [9.17, 15) is 19.5 Å².